The van der Waals surface area contributed by atoms with Gasteiger partial charge in [-0.15, -0.1) is 0 Å². The second-order valence-corrected chi connectivity index (χ2v) is 7.80. The molecule has 1 fully saturated rings. The number of anilines is 3. The molecule has 9 heteroatoms. The van der Waals surface area contributed by atoms with Gasteiger partial charge in [-0.2, -0.15) is 13.2 Å². The minimum absolute atomic E-state index is 0.0522. The van der Waals surface area contributed by atoms with Crippen LogP contribution in [0, 0.1) is 5.82 Å². The molecule has 2 aliphatic heterocycles. The summed E-state index contributed by atoms with van der Waals surface area (Å²) in [5.74, 6) is -2.57. The van der Waals surface area contributed by atoms with E-state index >= 15 is 0 Å². The molecule has 2 aromatic rings. The molecule has 2 N–H and O–H groups in total. The molecule has 4 rings (SSSR count). The molecule has 2 aliphatic rings. The second kappa shape index (κ2) is 8.20. The highest BCUT2D eigenvalue weighted by molar-refractivity contribution is 6.06. The molecule has 1 atom stereocenters. The topological polar surface area (TPSA) is 61.4 Å². The monoisotopic (exact) mass is 435 g/mol. The summed E-state index contributed by atoms with van der Waals surface area (Å²) in [6.45, 7) is 1.37. The van der Waals surface area contributed by atoms with Gasteiger partial charge in [0, 0.05) is 25.2 Å². The number of nitrogens with one attached hydrogen (secondary N) is 2. The van der Waals surface area contributed by atoms with Gasteiger partial charge in [-0.3, -0.25) is 9.59 Å². The van der Waals surface area contributed by atoms with Crippen LogP contribution in [0.1, 0.15) is 42.7 Å². The van der Waals surface area contributed by atoms with E-state index < -0.39 is 35.3 Å². The summed E-state index contributed by atoms with van der Waals surface area (Å²) in [7, 11) is 0. The molecule has 2 heterocycles. The van der Waals surface area contributed by atoms with E-state index in [0.29, 0.717) is 24.3 Å². The molecule has 1 saturated heterocycles. The van der Waals surface area contributed by atoms with Gasteiger partial charge < -0.3 is 15.5 Å². The number of rotatable bonds is 3. The Labute approximate surface area is 176 Å². The fourth-order valence-electron chi connectivity index (χ4n) is 4.11. The number of benzene rings is 2. The van der Waals surface area contributed by atoms with Crippen molar-refractivity contribution in [2.24, 2.45) is 0 Å². The average molecular weight is 435 g/mol. The Morgan fingerprint density at radius 1 is 1.06 bits per heavy atom. The number of fused-ring (bicyclic) bond motifs is 1. The third kappa shape index (κ3) is 4.50. The molecule has 164 valence electrons. The first-order valence-corrected chi connectivity index (χ1v) is 10.1. The Morgan fingerprint density at radius 2 is 1.81 bits per heavy atom. The van der Waals surface area contributed by atoms with E-state index in [1.54, 1.807) is 0 Å². The van der Waals surface area contributed by atoms with E-state index in [0.717, 1.165) is 37.5 Å². The zero-order valence-corrected chi connectivity index (χ0v) is 16.6. The van der Waals surface area contributed by atoms with Crippen LogP contribution < -0.4 is 15.5 Å². The average Bonchev–Trinajstić information content (AvgIpc) is 2.72. The maximum Gasteiger partial charge on any atom is 0.416 e. The fourth-order valence-corrected chi connectivity index (χ4v) is 4.11. The third-order valence-electron chi connectivity index (χ3n) is 5.65. The summed E-state index contributed by atoms with van der Waals surface area (Å²) in [6, 6.07) is 7.02. The maximum atomic E-state index is 13.5. The fraction of sp³-hybridized carbons (Fsp3) is 0.364. The van der Waals surface area contributed by atoms with E-state index in [9.17, 15) is 27.2 Å². The Balaban J connectivity index is 1.68. The van der Waals surface area contributed by atoms with E-state index in [-0.39, 0.29) is 17.8 Å². The Kier molecular flexibility index (Phi) is 5.60. The molecule has 2 aromatic carbocycles. The highest BCUT2D eigenvalue weighted by atomic mass is 19.4. The first-order valence-electron chi connectivity index (χ1n) is 10.1. The maximum absolute atomic E-state index is 13.5. The lowest BCUT2D eigenvalue weighted by Gasteiger charge is -2.31. The third-order valence-corrected chi connectivity index (χ3v) is 5.65. The summed E-state index contributed by atoms with van der Waals surface area (Å²) in [6.07, 6.45) is -1.87. The van der Waals surface area contributed by atoms with Crippen LogP contribution in [0.15, 0.2) is 36.4 Å². The summed E-state index contributed by atoms with van der Waals surface area (Å²) >= 11 is 0. The molecule has 1 unspecified atom stereocenters. The summed E-state index contributed by atoms with van der Waals surface area (Å²) in [4.78, 5) is 27.1. The number of nitrogens with zero attached hydrogens (tertiary/aromatic N) is 1. The van der Waals surface area contributed by atoms with E-state index in [2.05, 4.69) is 10.6 Å². The van der Waals surface area contributed by atoms with E-state index in [4.69, 9.17) is 0 Å². The van der Waals surface area contributed by atoms with E-state index in [1.165, 1.54) is 18.2 Å². The van der Waals surface area contributed by atoms with Crippen LogP contribution in [0.3, 0.4) is 0 Å². The molecule has 0 spiro atoms. The number of alkyl halides is 3. The van der Waals surface area contributed by atoms with Crippen molar-refractivity contribution >= 4 is 28.9 Å². The van der Waals surface area contributed by atoms with Gasteiger partial charge in [-0.1, -0.05) is 6.07 Å². The minimum Gasteiger partial charge on any atom is -0.370 e. The van der Waals surface area contributed by atoms with Crippen LogP contribution in [0.5, 0.6) is 0 Å². The molecule has 0 aliphatic carbocycles. The van der Waals surface area contributed by atoms with Crippen molar-refractivity contribution in [3.63, 3.8) is 0 Å². The Bertz CT molecular complexity index is 1020. The van der Waals surface area contributed by atoms with Crippen molar-refractivity contribution in [2.45, 2.75) is 37.8 Å². The molecule has 5 nitrogen and oxygen atoms in total. The summed E-state index contributed by atoms with van der Waals surface area (Å²) < 4.78 is 53.5. The first-order chi connectivity index (χ1) is 14.7. The van der Waals surface area contributed by atoms with Gasteiger partial charge in [-0.05, 0) is 55.2 Å². The Morgan fingerprint density at radius 3 is 2.52 bits per heavy atom. The summed E-state index contributed by atoms with van der Waals surface area (Å²) in [5.41, 5.74) is 0.311. The minimum atomic E-state index is -4.56. The largest absolute Gasteiger partial charge is 0.416 e. The normalized spacial score (nSPS) is 18.9. The van der Waals surface area contributed by atoms with E-state index in [1.807, 2.05) is 4.90 Å². The first kappa shape index (κ1) is 21.1. The van der Waals surface area contributed by atoms with Gasteiger partial charge >= 0.3 is 6.18 Å². The zero-order valence-electron chi connectivity index (χ0n) is 16.6. The van der Waals surface area contributed by atoms with Gasteiger partial charge in [-0.25, -0.2) is 4.39 Å². The number of halogens is 4. The van der Waals surface area contributed by atoms with Gasteiger partial charge in [0.2, 0.25) is 11.8 Å². The van der Waals surface area contributed by atoms with Crippen LogP contribution in [0.2, 0.25) is 0 Å². The van der Waals surface area contributed by atoms with Crippen molar-refractivity contribution in [1.29, 1.82) is 0 Å². The molecule has 0 aromatic heterocycles. The van der Waals surface area contributed by atoms with Gasteiger partial charge in [0.15, 0.2) is 0 Å². The predicted molar refractivity (Wildman–Crippen MR) is 109 cm³/mol. The van der Waals surface area contributed by atoms with Crippen molar-refractivity contribution in [1.82, 2.24) is 0 Å². The molecule has 2 amide bonds. The van der Waals surface area contributed by atoms with Gasteiger partial charge in [0.1, 0.15) is 5.82 Å². The van der Waals surface area contributed by atoms with Gasteiger partial charge in [0.25, 0.3) is 0 Å². The SMILES string of the molecule is O=C1CC(C(=O)Nc2cc(C(F)(F)F)ccc2N2CCCCC2)c2ccc(F)cc2N1. The van der Waals surface area contributed by atoms with Crippen molar-refractivity contribution in [3.05, 3.63) is 53.3 Å². The standard InChI is InChI=1S/C22H21F4N3O2/c23-14-5-6-15-16(12-20(30)27-17(15)11-14)21(31)28-18-10-13(22(24,25)26)4-7-19(18)29-8-2-1-3-9-29/h4-7,10-11,16H,1-3,8-9,12H2,(H,27,30)(H,28,31). The number of hydrogen-bond acceptors (Lipinski definition) is 3. The summed E-state index contributed by atoms with van der Waals surface area (Å²) in [5, 5.41) is 5.14. The van der Waals surface area contributed by atoms with Crippen LogP contribution in [-0.2, 0) is 15.8 Å². The lowest BCUT2D eigenvalue weighted by Crippen LogP contribution is -2.33. The van der Waals surface area contributed by atoms with Crippen LogP contribution in [0.4, 0.5) is 34.6 Å². The number of carbonyl (C=O) groups excluding carboxylic acids is 2. The number of carbonyl (C=O) groups is 2. The molecule has 0 bridgehead atoms. The predicted octanol–water partition coefficient (Wildman–Crippen LogP) is 4.90. The van der Waals surface area contributed by atoms with Crippen molar-refractivity contribution in [3.8, 4) is 0 Å². The molecule has 0 saturated carbocycles. The quantitative estimate of drug-likeness (QED) is 0.675. The van der Waals surface area contributed by atoms with Crippen molar-refractivity contribution in [2.75, 3.05) is 28.6 Å². The second-order valence-electron chi connectivity index (χ2n) is 7.80. The number of amides is 2. The highest BCUT2D eigenvalue weighted by Crippen LogP contribution is 2.38. The smallest absolute Gasteiger partial charge is 0.370 e. The van der Waals surface area contributed by atoms with Crippen LogP contribution in [0.25, 0.3) is 0 Å². The molecule has 0 radical (unpaired) electrons. The molecule has 31 heavy (non-hydrogen) atoms. The van der Waals surface area contributed by atoms with Gasteiger partial charge in [0.05, 0.1) is 22.9 Å². The molecular weight excluding hydrogens is 414 g/mol. The van der Waals surface area contributed by atoms with Crippen LogP contribution >= 0.6 is 0 Å². The van der Waals surface area contributed by atoms with Crippen LogP contribution in [-0.4, -0.2) is 24.9 Å². The lowest BCUT2D eigenvalue weighted by atomic mass is 9.89. The van der Waals surface area contributed by atoms with Crippen molar-refractivity contribution < 1.29 is 27.2 Å². The Hall–Kier alpha value is -3.10. The lowest BCUT2D eigenvalue weighted by molar-refractivity contribution is -0.137. The zero-order chi connectivity index (χ0) is 22.2. The number of hydrogen-bond donors (Lipinski definition) is 2. The molecular formula is C22H21F4N3O2. The highest BCUT2D eigenvalue weighted by Gasteiger charge is 2.34. The number of piperidine rings is 1.